The van der Waals surface area contributed by atoms with Crippen molar-refractivity contribution in [3.05, 3.63) is 53.1 Å². The number of rotatable bonds is 6. The van der Waals surface area contributed by atoms with E-state index in [0.717, 1.165) is 35.6 Å². The van der Waals surface area contributed by atoms with Gasteiger partial charge in [0.1, 0.15) is 11.5 Å². The quantitative estimate of drug-likeness (QED) is 0.566. The van der Waals surface area contributed by atoms with Gasteiger partial charge in [-0.25, -0.2) is 0 Å². The van der Waals surface area contributed by atoms with Crippen LogP contribution in [0.25, 0.3) is 0 Å². The van der Waals surface area contributed by atoms with Gasteiger partial charge in [0.15, 0.2) is 5.96 Å². The van der Waals surface area contributed by atoms with E-state index in [-0.39, 0.29) is 5.41 Å². The summed E-state index contributed by atoms with van der Waals surface area (Å²) in [5, 5.41) is 3.80. The summed E-state index contributed by atoms with van der Waals surface area (Å²) in [6.45, 7) is 1.84. The van der Waals surface area contributed by atoms with E-state index in [1.165, 1.54) is 0 Å². The first-order valence-corrected chi connectivity index (χ1v) is 9.57. The Labute approximate surface area is 170 Å². The Hall–Kier alpha value is -2.44. The third-order valence-electron chi connectivity index (χ3n) is 5.10. The molecule has 0 aliphatic carbocycles. The van der Waals surface area contributed by atoms with Crippen LogP contribution in [0.4, 0.5) is 5.69 Å². The lowest BCUT2D eigenvalue weighted by molar-refractivity contribution is 0.0523. The van der Waals surface area contributed by atoms with Crippen molar-refractivity contribution in [2.45, 2.75) is 18.3 Å². The Morgan fingerprint density at radius 1 is 1.14 bits per heavy atom. The molecule has 3 N–H and O–H groups in total. The van der Waals surface area contributed by atoms with Crippen molar-refractivity contribution in [1.82, 2.24) is 0 Å². The van der Waals surface area contributed by atoms with Crippen molar-refractivity contribution in [3.8, 4) is 11.5 Å². The van der Waals surface area contributed by atoms with E-state index in [0.29, 0.717) is 30.7 Å². The predicted octanol–water partition coefficient (Wildman–Crippen LogP) is 3.83. The lowest BCUT2D eigenvalue weighted by Gasteiger charge is -2.37. The van der Waals surface area contributed by atoms with Crippen molar-refractivity contribution in [3.63, 3.8) is 0 Å². The fourth-order valence-corrected chi connectivity index (χ4v) is 3.64. The largest absolute Gasteiger partial charge is 0.497 e. The lowest BCUT2D eigenvalue weighted by Crippen LogP contribution is -2.38. The second-order valence-electron chi connectivity index (χ2n) is 6.79. The Balaban J connectivity index is 1.82. The van der Waals surface area contributed by atoms with Crippen molar-refractivity contribution in [2.75, 3.05) is 39.3 Å². The molecule has 0 aromatic heterocycles. The summed E-state index contributed by atoms with van der Waals surface area (Å²) in [5.74, 6) is 1.95. The molecule has 1 fully saturated rings. The van der Waals surface area contributed by atoms with E-state index in [4.69, 9.17) is 31.5 Å². The van der Waals surface area contributed by atoms with Gasteiger partial charge in [-0.2, -0.15) is 0 Å². The summed E-state index contributed by atoms with van der Waals surface area (Å²) in [7, 11) is 3.30. The molecule has 1 heterocycles. The molecule has 0 bridgehead atoms. The number of halogens is 1. The van der Waals surface area contributed by atoms with Crippen LogP contribution in [0.15, 0.2) is 47.5 Å². The number of nitrogens with one attached hydrogen (secondary N) is 1. The van der Waals surface area contributed by atoms with Crippen LogP contribution in [-0.4, -0.2) is 39.9 Å². The number of nitrogens with two attached hydrogens (primary N) is 1. The molecule has 150 valence electrons. The highest BCUT2D eigenvalue weighted by atomic mass is 35.5. The van der Waals surface area contributed by atoms with Crippen LogP contribution in [0.1, 0.15) is 18.4 Å². The Morgan fingerprint density at radius 2 is 1.86 bits per heavy atom. The van der Waals surface area contributed by atoms with E-state index in [1.807, 2.05) is 42.5 Å². The standard InChI is InChI=1S/C21H26ClN3O3/c1-26-17-6-4-16(5-7-17)25-20(23)24-14-21(9-11-28-12-10-21)18-13-15(22)3-8-19(18)27-2/h3-8,13H,9-12,14H2,1-2H3,(H3,23,24,25). The highest BCUT2D eigenvalue weighted by molar-refractivity contribution is 6.30. The van der Waals surface area contributed by atoms with E-state index in [2.05, 4.69) is 10.3 Å². The highest BCUT2D eigenvalue weighted by Crippen LogP contribution is 2.41. The van der Waals surface area contributed by atoms with Crippen LogP contribution in [0, 0.1) is 0 Å². The molecule has 0 radical (unpaired) electrons. The molecule has 0 unspecified atom stereocenters. The van der Waals surface area contributed by atoms with Gasteiger partial charge >= 0.3 is 0 Å². The minimum absolute atomic E-state index is 0.235. The van der Waals surface area contributed by atoms with Crippen molar-refractivity contribution < 1.29 is 14.2 Å². The molecule has 0 amide bonds. The molecule has 6 nitrogen and oxygen atoms in total. The molecule has 3 rings (SSSR count). The number of benzene rings is 2. The van der Waals surface area contributed by atoms with E-state index >= 15 is 0 Å². The first-order chi connectivity index (χ1) is 13.6. The number of guanidine groups is 1. The molecule has 0 atom stereocenters. The zero-order valence-corrected chi connectivity index (χ0v) is 17.0. The van der Waals surface area contributed by atoms with E-state index in [9.17, 15) is 0 Å². The maximum atomic E-state index is 6.28. The molecule has 0 saturated carbocycles. The summed E-state index contributed by atoms with van der Waals surface area (Å²) < 4.78 is 16.4. The first kappa shape index (κ1) is 20.3. The zero-order valence-electron chi connectivity index (χ0n) is 16.2. The molecular formula is C21H26ClN3O3. The van der Waals surface area contributed by atoms with Crippen LogP contribution in [0.3, 0.4) is 0 Å². The summed E-state index contributed by atoms with van der Waals surface area (Å²) in [6, 6.07) is 13.2. The van der Waals surface area contributed by atoms with Crippen molar-refractivity contribution in [2.24, 2.45) is 10.7 Å². The van der Waals surface area contributed by atoms with Crippen LogP contribution < -0.4 is 20.5 Å². The fraction of sp³-hybridized carbons (Fsp3) is 0.381. The Kier molecular flexibility index (Phi) is 6.65. The van der Waals surface area contributed by atoms with E-state index in [1.54, 1.807) is 14.2 Å². The number of methoxy groups -OCH3 is 2. The Bertz CT molecular complexity index is 818. The summed E-state index contributed by atoms with van der Waals surface area (Å²) in [5.41, 5.74) is 7.81. The van der Waals surface area contributed by atoms with Gasteiger partial charge in [-0.05, 0) is 55.3 Å². The number of hydrogen-bond acceptors (Lipinski definition) is 4. The number of hydrogen-bond donors (Lipinski definition) is 2. The number of anilines is 1. The zero-order chi connectivity index (χ0) is 20.0. The van der Waals surface area contributed by atoms with Gasteiger partial charge in [-0.1, -0.05) is 11.6 Å². The second kappa shape index (κ2) is 9.17. The molecular weight excluding hydrogens is 378 g/mol. The Morgan fingerprint density at radius 3 is 2.50 bits per heavy atom. The van der Waals surface area contributed by atoms with Gasteiger partial charge in [-0.3, -0.25) is 4.99 Å². The monoisotopic (exact) mass is 403 g/mol. The topological polar surface area (TPSA) is 78.1 Å². The molecule has 0 spiro atoms. The van der Waals surface area contributed by atoms with Gasteiger partial charge in [0, 0.05) is 34.9 Å². The van der Waals surface area contributed by atoms with Crippen LogP contribution in [0.5, 0.6) is 11.5 Å². The molecule has 28 heavy (non-hydrogen) atoms. The molecule has 1 aliphatic heterocycles. The smallest absolute Gasteiger partial charge is 0.193 e. The molecule has 7 heteroatoms. The van der Waals surface area contributed by atoms with E-state index < -0.39 is 0 Å². The highest BCUT2D eigenvalue weighted by Gasteiger charge is 2.37. The number of nitrogens with zero attached hydrogens (tertiary/aromatic N) is 1. The minimum Gasteiger partial charge on any atom is -0.497 e. The van der Waals surface area contributed by atoms with Crippen molar-refractivity contribution >= 4 is 23.2 Å². The first-order valence-electron chi connectivity index (χ1n) is 9.19. The normalized spacial score (nSPS) is 16.5. The summed E-state index contributed by atoms with van der Waals surface area (Å²) in [4.78, 5) is 4.64. The van der Waals surface area contributed by atoms with Crippen LogP contribution in [0.2, 0.25) is 5.02 Å². The lowest BCUT2D eigenvalue weighted by atomic mass is 9.73. The minimum atomic E-state index is -0.235. The number of ether oxygens (including phenoxy) is 3. The predicted molar refractivity (Wildman–Crippen MR) is 113 cm³/mol. The van der Waals surface area contributed by atoms with Gasteiger partial charge in [0.2, 0.25) is 0 Å². The maximum Gasteiger partial charge on any atom is 0.193 e. The van der Waals surface area contributed by atoms with Crippen LogP contribution in [-0.2, 0) is 10.2 Å². The average Bonchev–Trinajstić information content (AvgIpc) is 2.73. The third-order valence-corrected chi connectivity index (χ3v) is 5.33. The molecule has 2 aromatic rings. The van der Waals surface area contributed by atoms with Crippen molar-refractivity contribution in [1.29, 1.82) is 0 Å². The maximum absolute atomic E-state index is 6.28. The fourth-order valence-electron chi connectivity index (χ4n) is 3.47. The van der Waals surface area contributed by atoms with Gasteiger partial charge in [0.25, 0.3) is 0 Å². The summed E-state index contributed by atoms with van der Waals surface area (Å²) >= 11 is 6.28. The number of aliphatic imine (C=N–C) groups is 1. The third kappa shape index (κ3) is 4.69. The molecule has 1 aliphatic rings. The molecule has 1 saturated heterocycles. The second-order valence-corrected chi connectivity index (χ2v) is 7.23. The van der Waals surface area contributed by atoms with Gasteiger partial charge in [0.05, 0.1) is 20.8 Å². The summed E-state index contributed by atoms with van der Waals surface area (Å²) in [6.07, 6.45) is 1.64. The van der Waals surface area contributed by atoms with Crippen LogP contribution >= 0.6 is 11.6 Å². The SMILES string of the molecule is COc1ccc(NC(N)=NCC2(c3cc(Cl)ccc3OC)CCOCC2)cc1. The van der Waals surface area contributed by atoms with Gasteiger partial charge in [-0.15, -0.1) is 0 Å². The van der Waals surface area contributed by atoms with Gasteiger partial charge < -0.3 is 25.3 Å². The molecule has 2 aromatic carbocycles. The average molecular weight is 404 g/mol.